The fourth-order valence-corrected chi connectivity index (χ4v) is 1.93. The Morgan fingerprint density at radius 1 is 1.20 bits per heavy atom. The number of nitrogens with zero attached hydrogens (tertiary/aromatic N) is 4. The summed E-state index contributed by atoms with van der Waals surface area (Å²) in [5, 5.41) is 11.0. The molecule has 0 amide bonds. The Balaban J connectivity index is 1.98. The van der Waals surface area contributed by atoms with Crippen molar-refractivity contribution in [3.63, 3.8) is 0 Å². The van der Waals surface area contributed by atoms with Crippen molar-refractivity contribution in [3.05, 3.63) is 12.4 Å². The lowest BCUT2D eigenvalue weighted by molar-refractivity contribution is 0.895. The molecule has 0 atom stereocenters. The second kappa shape index (κ2) is 3.38. The van der Waals surface area contributed by atoms with Crippen LogP contribution in [0, 0.1) is 0 Å². The highest BCUT2D eigenvalue weighted by Gasteiger charge is 2.21. The molecule has 6 nitrogen and oxygen atoms in total. The SMILES string of the molecule is c1c[nH]c(-c2n[nH]nc2N2CCCC2)n1. The van der Waals surface area contributed by atoms with Crippen LogP contribution in [0.25, 0.3) is 11.5 Å². The summed E-state index contributed by atoms with van der Waals surface area (Å²) in [5.74, 6) is 1.67. The van der Waals surface area contributed by atoms with Crippen molar-refractivity contribution in [2.75, 3.05) is 18.0 Å². The zero-order valence-corrected chi connectivity index (χ0v) is 8.27. The predicted octanol–water partition coefficient (Wildman–Crippen LogP) is 0.795. The van der Waals surface area contributed by atoms with E-state index in [1.54, 1.807) is 12.4 Å². The van der Waals surface area contributed by atoms with Crippen LogP contribution < -0.4 is 4.90 Å². The van der Waals surface area contributed by atoms with Crippen LogP contribution in [0.5, 0.6) is 0 Å². The Morgan fingerprint density at radius 3 is 2.80 bits per heavy atom. The molecule has 15 heavy (non-hydrogen) atoms. The summed E-state index contributed by atoms with van der Waals surface area (Å²) in [6.45, 7) is 2.11. The van der Waals surface area contributed by atoms with E-state index in [1.807, 2.05) is 0 Å². The highest BCUT2D eigenvalue weighted by molar-refractivity contribution is 5.66. The summed E-state index contributed by atoms with van der Waals surface area (Å²) < 4.78 is 0. The fraction of sp³-hybridized carbons (Fsp3) is 0.444. The first-order valence-corrected chi connectivity index (χ1v) is 5.10. The van der Waals surface area contributed by atoms with E-state index < -0.39 is 0 Å². The maximum absolute atomic E-state index is 4.19. The molecule has 2 aromatic rings. The van der Waals surface area contributed by atoms with Crippen molar-refractivity contribution in [2.24, 2.45) is 0 Å². The molecule has 0 spiro atoms. The predicted molar refractivity (Wildman–Crippen MR) is 55.4 cm³/mol. The van der Waals surface area contributed by atoms with Gasteiger partial charge in [0.15, 0.2) is 17.3 Å². The summed E-state index contributed by atoms with van der Waals surface area (Å²) >= 11 is 0. The zero-order chi connectivity index (χ0) is 10.1. The van der Waals surface area contributed by atoms with Gasteiger partial charge in [-0.1, -0.05) is 0 Å². The van der Waals surface area contributed by atoms with Gasteiger partial charge in [-0.05, 0) is 12.8 Å². The third-order valence-corrected chi connectivity index (χ3v) is 2.66. The molecule has 0 bridgehead atoms. The van der Waals surface area contributed by atoms with E-state index >= 15 is 0 Å². The molecule has 3 heterocycles. The Labute approximate surface area is 86.7 Å². The summed E-state index contributed by atoms with van der Waals surface area (Å²) in [6.07, 6.45) is 5.96. The minimum Gasteiger partial charge on any atom is -0.353 e. The first-order valence-electron chi connectivity index (χ1n) is 5.10. The molecule has 6 heteroatoms. The van der Waals surface area contributed by atoms with E-state index in [0.717, 1.165) is 30.4 Å². The molecular formula is C9H12N6. The van der Waals surface area contributed by atoms with Gasteiger partial charge in [0.1, 0.15) is 0 Å². The molecule has 1 aliphatic heterocycles. The number of hydrogen-bond acceptors (Lipinski definition) is 4. The lowest BCUT2D eigenvalue weighted by atomic mass is 10.4. The number of anilines is 1. The van der Waals surface area contributed by atoms with Crippen LogP contribution in [0.2, 0.25) is 0 Å². The van der Waals surface area contributed by atoms with Gasteiger partial charge in [0.05, 0.1) is 0 Å². The number of H-pyrrole nitrogens is 2. The molecule has 1 fully saturated rings. The monoisotopic (exact) mass is 204 g/mol. The van der Waals surface area contributed by atoms with E-state index in [9.17, 15) is 0 Å². The third-order valence-electron chi connectivity index (χ3n) is 2.66. The molecule has 3 rings (SSSR count). The van der Waals surface area contributed by atoms with Gasteiger partial charge in [-0.2, -0.15) is 10.3 Å². The van der Waals surface area contributed by atoms with Crippen LogP contribution in [-0.4, -0.2) is 38.5 Å². The first-order chi connectivity index (χ1) is 7.45. The molecule has 2 N–H and O–H groups in total. The van der Waals surface area contributed by atoms with Gasteiger partial charge in [-0.3, -0.25) is 0 Å². The number of nitrogens with one attached hydrogen (secondary N) is 2. The van der Waals surface area contributed by atoms with Gasteiger partial charge in [-0.15, -0.1) is 5.10 Å². The summed E-state index contributed by atoms with van der Waals surface area (Å²) in [7, 11) is 0. The van der Waals surface area contributed by atoms with Gasteiger partial charge in [0.25, 0.3) is 0 Å². The van der Waals surface area contributed by atoms with E-state index in [-0.39, 0.29) is 0 Å². The smallest absolute Gasteiger partial charge is 0.182 e. The quantitative estimate of drug-likeness (QED) is 0.758. The molecule has 2 aromatic heterocycles. The largest absolute Gasteiger partial charge is 0.353 e. The summed E-state index contributed by atoms with van der Waals surface area (Å²) in [4.78, 5) is 9.47. The highest BCUT2D eigenvalue weighted by atomic mass is 15.4. The zero-order valence-electron chi connectivity index (χ0n) is 8.27. The molecule has 0 aliphatic carbocycles. The van der Waals surface area contributed by atoms with Crippen LogP contribution in [0.1, 0.15) is 12.8 Å². The minimum atomic E-state index is 0.769. The minimum absolute atomic E-state index is 0.769. The van der Waals surface area contributed by atoms with Crippen molar-refractivity contribution in [2.45, 2.75) is 12.8 Å². The Morgan fingerprint density at radius 2 is 2.07 bits per heavy atom. The lowest BCUT2D eigenvalue weighted by Crippen LogP contribution is -2.18. The number of imidazole rings is 1. The van der Waals surface area contributed by atoms with Crippen molar-refractivity contribution in [1.29, 1.82) is 0 Å². The molecule has 0 saturated carbocycles. The van der Waals surface area contributed by atoms with Crippen LogP contribution in [-0.2, 0) is 0 Å². The van der Waals surface area contributed by atoms with Crippen molar-refractivity contribution < 1.29 is 0 Å². The first kappa shape index (κ1) is 8.46. The van der Waals surface area contributed by atoms with Gasteiger partial charge in [0, 0.05) is 25.5 Å². The average Bonchev–Trinajstić information content (AvgIpc) is 3.01. The van der Waals surface area contributed by atoms with E-state index in [2.05, 4.69) is 30.3 Å². The third kappa shape index (κ3) is 1.38. The Bertz CT molecular complexity index is 425. The molecule has 78 valence electrons. The molecule has 0 radical (unpaired) electrons. The normalized spacial score (nSPS) is 16.1. The second-order valence-electron chi connectivity index (χ2n) is 3.63. The number of hydrogen-bond donors (Lipinski definition) is 2. The molecule has 0 unspecified atom stereocenters. The second-order valence-corrected chi connectivity index (χ2v) is 3.63. The van der Waals surface area contributed by atoms with Gasteiger partial charge in [-0.25, -0.2) is 4.98 Å². The maximum atomic E-state index is 4.19. The summed E-state index contributed by atoms with van der Waals surface area (Å²) in [6, 6.07) is 0. The molecular weight excluding hydrogens is 192 g/mol. The number of rotatable bonds is 2. The van der Waals surface area contributed by atoms with Crippen LogP contribution in [0.4, 0.5) is 5.82 Å². The van der Waals surface area contributed by atoms with Crippen LogP contribution >= 0.6 is 0 Å². The van der Waals surface area contributed by atoms with Crippen LogP contribution in [0.3, 0.4) is 0 Å². The van der Waals surface area contributed by atoms with Gasteiger partial charge >= 0.3 is 0 Å². The number of aromatic nitrogens is 5. The van der Waals surface area contributed by atoms with Crippen molar-refractivity contribution in [1.82, 2.24) is 25.4 Å². The Hall–Kier alpha value is -1.85. The van der Waals surface area contributed by atoms with Crippen LogP contribution in [0.15, 0.2) is 12.4 Å². The number of aromatic amines is 2. The topological polar surface area (TPSA) is 73.5 Å². The fourth-order valence-electron chi connectivity index (χ4n) is 1.93. The Kier molecular flexibility index (Phi) is 1.90. The molecule has 1 saturated heterocycles. The van der Waals surface area contributed by atoms with Gasteiger partial charge < -0.3 is 9.88 Å². The van der Waals surface area contributed by atoms with E-state index in [4.69, 9.17) is 0 Å². The maximum Gasteiger partial charge on any atom is 0.182 e. The summed E-state index contributed by atoms with van der Waals surface area (Å²) in [5.41, 5.74) is 0.807. The van der Waals surface area contributed by atoms with E-state index in [0.29, 0.717) is 0 Å². The lowest BCUT2D eigenvalue weighted by Gasteiger charge is -2.13. The van der Waals surface area contributed by atoms with Crippen molar-refractivity contribution in [3.8, 4) is 11.5 Å². The van der Waals surface area contributed by atoms with E-state index in [1.165, 1.54) is 12.8 Å². The standard InChI is InChI=1S/C9H12N6/c1-2-6-15(5-1)9-7(12-14-13-9)8-10-3-4-11-8/h3-4H,1-2,5-6H2,(H,10,11)(H,12,13,14). The van der Waals surface area contributed by atoms with Crippen molar-refractivity contribution >= 4 is 5.82 Å². The molecule has 1 aliphatic rings. The molecule has 0 aromatic carbocycles. The highest BCUT2D eigenvalue weighted by Crippen LogP contribution is 2.26. The van der Waals surface area contributed by atoms with Gasteiger partial charge in [0.2, 0.25) is 0 Å². The average molecular weight is 204 g/mol.